The lowest BCUT2D eigenvalue weighted by Gasteiger charge is -2.19. The van der Waals surface area contributed by atoms with Gasteiger partial charge in [-0.25, -0.2) is 0 Å². The molecule has 0 amide bonds. The van der Waals surface area contributed by atoms with Crippen LogP contribution in [-0.4, -0.2) is 6.61 Å². The van der Waals surface area contributed by atoms with Crippen molar-refractivity contribution in [2.45, 2.75) is 33.7 Å². The Bertz CT molecular complexity index is 313. The Morgan fingerprint density at radius 1 is 1.33 bits per heavy atom. The Hall–Kier alpha value is -1.02. The zero-order valence-corrected chi connectivity index (χ0v) is 10.1. The average Bonchev–Trinajstić information content (AvgIpc) is 2.14. The standard InChI is InChI=1S/C13H21NO/c1-10(14)11-6-5-7-12(8-11)15-9-13(2,3)4/h5-8,10H,9,14H2,1-4H3/t10-/m1/s1. The molecule has 0 aliphatic heterocycles. The topological polar surface area (TPSA) is 35.2 Å². The molecular weight excluding hydrogens is 186 g/mol. The summed E-state index contributed by atoms with van der Waals surface area (Å²) in [6, 6.07) is 8.04. The van der Waals surface area contributed by atoms with Gasteiger partial charge in [-0.05, 0) is 30.0 Å². The number of hydrogen-bond acceptors (Lipinski definition) is 2. The number of ether oxygens (including phenoxy) is 1. The maximum atomic E-state index is 5.81. The van der Waals surface area contributed by atoms with Crippen molar-refractivity contribution >= 4 is 0 Å². The lowest BCUT2D eigenvalue weighted by molar-refractivity contribution is 0.197. The summed E-state index contributed by atoms with van der Waals surface area (Å²) >= 11 is 0. The van der Waals surface area contributed by atoms with E-state index in [9.17, 15) is 0 Å². The van der Waals surface area contributed by atoms with Crippen molar-refractivity contribution in [2.24, 2.45) is 11.1 Å². The van der Waals surface area contributed by atoms with E-state index in [1.165, 1.54) is 0 Å². The van der Waals surface area contributed by atoms with Crippen LogP contribution in [0, 0.1) is 5.41 Å². The zero-order valence-electron chi connectivity index (χ0n) is 10.1. The number of hydrogen-bond donors (Lipinski definition) is 1. The first-order valence-electron chi connectivity index (χ1n) is 5.37. The van der Waals surface area contributed by atoms with Gasteiger partial charge in [0, 0.05) is 6.04 Å². The third-order valence-corrected chi connectivity index (χ3v) is 2.06. The maximum absolute atomic E-state index is 5.81. The van der Waals surface area contributed by atoms with Crippen LogP contribution in [0.5, 0.6) is 5.75 Å². The average molecular weight is 207 g/mol. The molecule has 1 rings (SSSR count). The first kappa shape index (κ1) is 12.1. The van der Waals surface area contributed by atoms with E-state index in [-0.39, 0.29) is 11.5 Å². The molecule has 0 aliphatic rings. The molecule has 0 aromatic heterocycles. The second-order valence-electron chi connectivity index (χ2n) is 5.21. The van der Waals surface area contributed by atoms with E-state index in [1.54, 1.807) is 0 Å². The molecule has 0 spiro atoms. The summed E-state index contributed by atoms with van der Waals surface area (Å²) in [5.41, 5.74) is 7.11. The van der Waals surface area contributed by atoms with Crippen molar-refractivity contribution in [3.63, 3.8) is 0 Å². The minimum absolute atomic E-state index is 0.0585. The van der Waals surface area contributed by atoms with Gasteiger partial charge in [0.2, 0.25) is 0 Å². The third-order valence-electron chi connectivity index (χ3n) is 2.06. The molecule has 0 fully saturated rings. The summed E-state index contributed by atoms with van der Waals surface area (Å²) in [7, 11) is 0. The van der Waals surface area contributed by atoms with Crippen LogP contribution in [-0.2, 0) is 0 Å². The molecule has 1 aromatic rings. The normalized spacial score (nSPS) is 13.7. The fourth-order valence-corrected chi connectivity index (χ4v) is 1.19. The molecule has 84 valence electrons. The summed E-state index contributed by atoms with van der Waals surface area (Å²) in [4.78, 5) is 0. The van der Waals surface area contributed by atoms with Gasteiger partial charge in [0.25, 0.3) is 0 Å². The molecule has 1 atom stereocenters. The molecular formula is C13H21NO. The van der Waals surface area contributed by atoms with Gasteiger partial charge in [0.15, 0.2) is 0 Å². The smallest absolute Gasteiger partial charge is 0.119 e. The van der Waals surface area contributed by atoms with Crippen molar-refractivity contribution in [2.75, 3.05) is 6.61 Å². The highest BCUT2D eigenvalue weighted by atomic mass is 16.5. The van der Waals surface area contributed by atoms with Crippen molar-refractivity contribution in [3.8, 4) is 5.75 Å². The second-order valence-corrected chi connectivity index (χ2v) is 5.21. The number of benzene rings is 1. The lowest BCUT2D eigenvalue weighted by Crippen LogP contribution is -2.17. The van der Waals surface area contributed by atoms with Crippen molar-refractivity contribution in [3.05, 3.63) is 29.8 Å². The number of rotatable bonds is 3. The van der Waals surface area contributed by atoms with Crippen LogP contribution in [0.4, 0.5) is 0 Å². The van der Waals surface area contributed by atoms with Crippen molar-refractivity contribution in [1.29, 1.82) is 0 Å². The van der Waals surface area contributed by atoms with E-state index < -0.39 is 0 Å². The zero-order chi connectivity index (χ0) is 11.5. The molecule has 2 N–H and O–H groups in total. The van der Waals surface area contributed by atoms with Gasteiger partial charge in [-0.3, -0.25) is 0 Å². The largest absolute Gasteiger partial charge is 0.493 e. The Morgan fingerprint density at radius 2 is 2.00 bits per heavy atom. The van der Waals surface area contributed by atoms with Crippen LogP contribution in [0.2, 0.25) is 0 Å². The molecule has 1 aromatic carbocycles. The molecule has 0 radical (unpaired) electrons. The first-order chi connectivity index (χ1) is 6.88. The number of nitrogens with two attached hydrogens (primary N) is 1. The summed E-state index contributed by atoms with van der Waals surface area (Å²) in [5.74, 6) is 0.903. The first-order valence-corrected chi connectivity index (χ1v) is 5.37. The Balaban J connectivity index is 2.66. The molecule has 2 nitrogen and oxygen atoms in total. The van der Waals surface area contributed by atoms with Crippen LogP contribution < -0.4 is 10.5 Å². The highest BCUT2D eigenvalue weighted by Crippen LogP contribution is 2.20. The SMILES string of the molecule is C[C@@H](N)c1cccc(OCC(C)(C)C)c1. The second kappa shape index (κ2) is 4.67. The van der Waals surface area contributed by atoms with Gasteiger partial charge >= 0.3 is 0 Å². The minimum atomic E-state index is 0.0585. The van der Waals surface area contributed by atoms with Gasteiger partial charge in [-0.1, -0.05) is 32.9 Å². The molecule has 0 heterocycles. The quantitative estimate of drug-likeness (QED) is 0.826. The van der Waals surface area contributed by atoms with Gasteiger partial charge < -0.3 is 10.5 Å². The third kappa shape index (κ3) is 4.34. The molecule has 15 heavy (non-hydrogen) atoms. The predicted molar refractivity (Wildman–Crippen MR) is 64.0 cm³/mol. The van der Waals surface area contributed by atoms with E-state index in [4.69, 9.17) is 10.5 Å². The summed E-state index contributed by atoms with van der Waals surface area (Å²) in [5, 5.41) is 0. The van der Waals surface area contributed by atoms with Crippen LogP contribution in [0.15, 0.2) is 24.3 Å². The highest BCUT2D eigenvalue weighted by Gasteiger charge is 2.11. The van der Waals surface area contributed by atoms with Gasteiger partial charge in [0.05, 0.1) is 6.61 Å². The molecule has 0 aliphatic carbocycles. The van der Waals surface area contributed by atoms with Gasteiger partial charge in [0.1, 0.15) is 5.75 Å². The van der Waals surface area contributed by atoms with Gasteiger partial charge in [-0.2, -0.15) is 0 Å². The van der Waals surface area contributed by atoms with E-state index >= 15 is 0 Å². The van der Waals surface area contributed by atoms with E-state index in [0.717, 1.165) is 17.9 Å². The molecule has 0 unspecified atom stereocenters. The van der Waals surface area contributed by atoms with E-state index in [2.05, 4.69) is 20.8 Å². The lowest BCUT2D eigenvalue weighted by atomic mass is 9.99. The predicted octanol–water partition coefficient (Wildman–Crippen LogP) is 3.13. The summed E-state index contributed by atoms with van der Waals surface area (Å²) in [6.45, 7) is 9.16. The van der Waals surface area contributed by atoms with Crippen molar-refractivity contribution < 1.29 is 4.74 Å². The van der Waals surface area contributed by atoms with Crippen molar-refractivity contribution in [1.82, 2.24) is 0 Å². The Labute approximate surface area is 92.4 Å². The fourth-order valence-electron chi connectivity index (χ4n) is 1.19. The van der Waals surface area contributed by atoms with Crippen LogP contribution >= 0.6 is 0 Å². The van der Waals surface area contributed by atoms with Crippen LogP contribution in [0.1, 0.15) is 39.3 Å². The molecule has 0 saturated carbocycles. The van der Waals surface area contributed by atoms with Crippen LogP contribution in [0.3, 0.4) is 0 Å². The monoisotopic (exact) mass is 207 g/mol. The molecule has 2 heteroatoms. The minimum Gasteiger partial charge on any atom is -0.493 e. The van der Waals surface area contributed by atoms with Crippen LogP contribution in [0.25, 0.3) is 0 Å². The van der Waals surface area contributed by atoms with Gasteiger partial charge in [-0.15, -0.1) is 0 Å². The summed E-state index contributed by atoms with van der Waals surface area (Å²) in [6.07, 6.45) is 0. The van der Waals surface area contributed by atoms with E-state index in [0.29, 0.717) is 0 Å². The molecule has 0 bridgehead atoms. The summed E-state index contributed by atoms with van der Waals surface area (Å²) < 4.78 is 5.71. The highest BCUT2D eigenvalue weighted by molar-refractivity contribution is 5.30. The Kier molecular flexibility index (Phi) is 3.75. The Morgan fingerprint density at radius 3 is 2.53 bits per heavy atom. The fraction of sp³-hybridized carbons (Fsp3) is 0.538. The molecule has 0 saturated heterocycles. The maximum Gasteiger partial charge on any atom is 0.119 e. The van der Waals surface area contributed by atoms with E-state index in [1.807, 2.05) is 31.2 Å².